The molecule has 0 bridgehead atoms. The van der Waals surface area contributed by atoms with E-state index < -0.39 is 0 Å². The van der Waals surface area contributed by atoms with Crippen LogP contribution in [0.5, 0.6) is 0 Å². The molecule has 6 nitrogen and oxygen atoms in total. The molecule has 1 aliphatic carbocycles. The lowest BCUT2D eigenvalue weighted by Gasteiger charge is -2.06. The van der Waals surface area contributed by atoms with Crippen molar-refractivity contribution in [3.05, 3.63) is 15.6 Å². The van der Waals surface area contributed by atoms with Crippen molar-refractivity contribution < 1.29 is 9.59 Å². The molecule has 116 valence electrons. The van der Waals surface area contributed by atoms with Crippen LogP contribution in [0.15, 0.2) is 0 Å². The van der Waals surface area contributed by atoms with Crippen LogP contribution in [0.2, 0.25) is 0 Å². The number of fused-ring (bicyclic) bond motifs is 1. The van der Waals surface area contributed by atoms with Crippen molar-refractivity contribution in [1.82, 2.24) is 15.6 Å². The van der Waals surface area contributed by atoms with Gasteiger partial charge in [-0.1, -0.05) is 0 Å². The van der Waals surface area contributed by atoms with E-state index in [0.717, 1.165) is 19.3 Å². The van der Waals surface area contributed by atoms with Crippen molar-refractivity contribution in [3.63, 3.8) is 0 Å². The van der Waals surface area contributed by atoms with Crippen LogP contribution in [0.25, 0.3) is 0 Å². The summed E-state index contributed by atoms with van der Waals surface area (Å²) < 4.78 is 0. The number of carbonyl (C=O) groups is 2. The van der Waals surface area contributed by atoms with Gasteiger partial charge in [0.05, 0.1) is 23.8 Å². The molecule has 0 saturated carbocycles. The smallest absolute Gasteiger partial charge is 0.239 e. The Morgan fingerprint density at radius 1 is 1.19 bits per heavy atom. The summed E-state index contributed by atoms with van der Waals surface area (Å²) in [7, 11) is 0. The summed E-state index contributed by atoms with van der Waals surface area (Å²) in [6.07, 6.45) is 6.57. The fourth-order valence-corrected chi connectivity index (χ4v) is 3.49. The normalized spacial score (nSPS) is 13.6. The largest absolute Gasteiger partial charge is 0.355 e. The Bertz CT molecular complexity index is 478. The maximum atomic E-state index is 11.5. The monoisotopic (exact) mass is 310 g/mol. The molecule has 4 N–H and O–H groups in total. The Morgan fingerprint density at radius 2 is 2.00 bits per heavy atom. The minimum Gasteiger partial charge on any atom is -0.355 e. The highest BCUT2D eigenvalue weighted by Crippen LogP contribution is 2.27. The third-order valence-corrected chi connectivity index (χ3v) is 4.63. The van der Waals surface area contributed by atoms with Gasteiger partial charge >= 0.3 is 0 Å². The number of nitrogens with zero attached hydrogens (tertiary/aromatic N) is 1. The Hall–Kier alpha value is -1.47. The van der Waals surface area contributed by atoms with Crippen molar-refractivity contribution in [2.75, 3.05) is 19.6 Å². The van der Waals surface area contributed by atoms with Gasteiger partial charge in [0, 0.05) is 17.8 Å². The van der Waals surface area contributed by atoms with Crippen LogP contribution >= 0.6 is 11.3 Å². The molecular formula is C14H22N4O2S. The molecule has 0 radical (unpaired) electrons. The minimum absolute atomic E-state index is 0.0123. The summed E-state index contributed by atoms with van der Waals surface area (Å²) in [6, 6.07) is 0. The fourth-order valence-electron chi connectivity index (χ4n) is 2.29. The van der Waals surface area contributed by atoms with Crippen molar-refractivity contribution in [2.45, 2.75) is 38.5 Å². The van der Waals surface area contributed by atoms with Gasteiger partial charge in [0.1, 0.15) is 0 Å². The van der Waals surface area contributed by atoms with E-state index in [2.05, 4.69) is 15.6 Å². The molecule has 0 aliphatic heterocycles. The first kappa shape index (κ1) is 15.9. The zero-order valence-electron chi connectivity index (χ0n) is 12.1. The Kier molecular flexibility index (Phi) is 6.13. The van der Waals surface area contributed by atoms with Crippen molar-refractivity contribution >= 4 is 23.2 Å². The molecule has 2 rings (SSSR count). The summed E-state index contributed by atoms with van der Waals surface area (Å²) >= 11 is 1.82. The highest BCUT2D eigenvalue weighted by atomic mass is 32.1. The van der Waals surface area contributed by atoms with Gasteiger partial charge in [-0.3, -0.25) is 9.59 Å². The van der Waals surface area contributed by atoms with Gasteiger partial charge in [-0.25, -0.2) is 4.98 Å². The van der Waals surface area contributed by atoms with Crippen LogP contribution in [-0.2, 0) is 28.9 Å². The molecule has 1 heterocycles. The van der Waals surface area contributed by atoms with E-state index in [1.54, 1.807) is 0 Å². The SMILES string of the molecule is NCC(=O)NCC(=O)NCCCc1nc2c(s1)CCCC2. The predicted molar refractivity (Wildman–Crippen MR) is 82.2 cm³/mol. The number of nitrogens with one attached hydrogen (secondary N) is 2. The molecule has 0 saturated heterocycles. The number of hydrogen-bond acceptors (Lipinski definition) is 5. The molecule has 0 fully saturated rings. The predicted octanol–water partition coefficient (Wildman–Crippen LogP) is 0.146. The van der Waals surface area contributed by atoms with E-state index in [-0.39, 0.29) is 24.9 Å². The van der Waals surface area contributed by atoms with E-state index in [1.165, 1.54) is 34.8 Å². The zero-order valence-corrected chi connectivity index (χ0v) is 12.9. The Labute approximate surface area is 128 Å². The van der Waals surface area contributed by atoms with E-state index in [1.807, 2.05) is 11.3 Å². The summed E-state index contributed by atoms with van der Waals surface area (Å²) in [4.78, 5) is 28.5. The van der Waals surface area contributed by atoms with Crippen LogP contribution < -0.4 is 16.4 Å². The quantitative estimate of drug-likeness (QED) is 0.624. The van der Waals surface area contributed by atoms with E-state index >= 15 is 0 Å². The van der Waals surface area contributed by atoms with Crippen LogP contribution in [-0.4, -0.2) is 36.4 Å². The number of aromatic nitrogens is 1. The fraction of sp³-hybridized carbons (Fsp3) is 0.643. The third kappa shape index (κ3) is 5.09. The van der Waals surface area contributed by atoms with E-state index in [4.69, 9.17) is 5.73 Å². The lowest BCUT2D eigenvalue weighted by molar-refractivity contribution is -0.125. The molecule has 0 atom stereocenters. The molecule has 1 aromatic heterocycles. The summed E-state index contributed by atoms with van der Waals surface area (Å²) in [5.41, 5.74) is 6.42. The average Bonchev–Trinajstić information content (AvgIpc) is 2.91. The standard InChI is InChI=1S/C14H22N4O2S/c15-8-12(19)17-9-13(20)16-7-3-6-14-18-10-4-1-2-5-11(10)21-14/h1-9,15H2,(H,16,20)(H,17,19). The highest BCUT2D eigenvalue weighted by molar-refractivity contribution is 7.11. The van der Waals surface area contributed by atoms with E-state index in [0.29, 0.717) is 6.54 Å². The topological polar surface area (TPSA) is 97.1 Å². The molecule has 0 spiro atoms. The van der Waals surface area contributed by atoms with Crippen molar-refractivity contribution in [2.24, 2.45) is 5.73 Å². The number of nitrogens with two attached hydrogens (primary N) is 1. The van der Waals surface area contributed by atoms with Gasteiger partial charge < -0.3 is 16.4 Å². The maximum absolute atomic E-state index is 11.5. The Balaban J connectivity index is 1.62. The number of carbonyl (C=O) groups excluding carboxylic acids is 2. The second-order valence-electron chi connectivity index (χ2n) is 5.12. The van der Waals surface area contributed by atoms with Gasteiger partial charge in [-0.2, -0.15) is 0 Å². The molecule has 21 heavy (non-hydrogen) atoms. The lowest BCUT2D eigenvalue weighted by atomic mass is 10.0. The van der Waals surface area contributed by atoms with Crippen LogP contribution in [0.4, 0.5) is 0 Å². The molecule has 0 unspecified atom stereocenters. The maximum Gasteiger partial charge on any atom is 0.239 e. The molecule has 1 aliphatic rings. The van der Waals surface area contributed by atoms with Gasteiger partial charge in [0.2, 0.25) is 11.8 Å². The first-order valence-electron chi connectivity index (χ1n) is 7.40. The Morgan fingerprint density at radius 3 is 2.76 bits per heavy atom. The number of thiazole rings is 1. The van der Waals surface area contributed by atoms with Crippen LogP contribution in [0.3, 0.4) is 0 Å². The second-order valence-corrected chi connectivity index (χ2v) is 6.29. The average molecular weight is 310 g/mol. The number of amides is 2. The van der Waals surface area contributed by atoms with Gasteiger partial charge in [-0.15, -0.1) is 11.3 Å². The van der Waals surface area contributed by atoms with Gasteiger partial charge in [0.25, 0.3) is 0 Å². The van der Waals surface area contributed by atoms with Crippen molar-refractivity contribution in [1.29, 1.82) is 0 Å². The summed E-state index contributed by atoms with van der Waals surface area (Å²) in [6.45, 7) is 0.491. The number of rotatable bonds is 7. The van der Waals surface area contributed by atoms with Gasteiger partial charge in [0.15, 0.2) is 0 Å². The highest BCUT2D eigenvalue weighted by Gasteiger charge is 2.14. The van der Waals surface area contributed by atoms with E-state index in [9.17, 15) is 9.59 Å². The van der Waals surface area contributed by atoms with Gasteiger partial charge in [-0.05, 0) is 32.1 Å². The van der Waals surface area contributed by atoms with Crippen molar-refractivity contribution in [3.8, 4) is 0 Å². The van der Waals surface area contributed by atoms with Crippen LogP contribution in [0.1, 0.15) is 34.8 Å². The molecule has 0 aromatic carbocycles. The summed E-state index contributed by atoms with van der Waals surface area (Å²) in [5, 5.41) is 6.39. The van der Waals surface area contributed by atoms with Crippen LogP contribution in [0, 0.1) is 0 Å². The molecular weight excluding hydrogens is 288 g/mol. The number of aryl methyl sites for hydroxylation is 3. The second kappa shape index (κ2) is 8.09. The summed E-state index contributed by atoms with van der Waals surface area (Å²) in [5.74, 6) is -0.506. The number of hydrogen-bond donors (Lipinski definition) is 3. The first-order chi connectivity index (χ1) is 10.2. The minimum atomic E-state index is -0.321. The molecule has 2 amide bonds. The molecule has 7 heteroatoms. The first-order valence-corrected chi connectivity index (χ1v) is 8.21. The lowest BCUT2D eigenvalue weighted by Crippen LogP contribution is -2.39. The zero-order chi connectivity index (χ0) is 15.1. The third-order valence-electron chi connectivity index (χ3n) is 3.41. The molecule has 1 aromatic rings.